The molecule has 5 nitrogen and oxygen atoms in total. The second-order valence-corrected chi connectivity index (χ2v) is 3.52. The summed E-state index contributed by atoms with van der Waals surface area (Å²) in [6, 6.07) is 0. The molecule has 0 amide bonds. The zero-order chi connectivity index (χ0) is 9.26. The first kappa shape index (κ1) is 8.42. The van der Waals surface area contributed by atoms with Gasteiger partial charge in [-0.15, -0.1) is 0 Å². The molecule has 0 fully saturated rings. The molecule has 0 unspecified atom stereocenters. The van der Waals surface area contributed by atoms with Gasteiger partial charge in [-0.3, -0.25) is 4.98 Å². The van der Waals surface area contributed by atoms with Gasteiger partial charge in [-0.2, -0.15) is 9.78 Å². The van der Waals surface area contributed by atoms with E-state index in [2.05, 4.69) is 37.7 Å². The predicted octanol–water partition coefficient (Wildman–Crippen LogP) is 0.849. The minimum atomic E-state index is 0.584. The molecule has 0 radical (unpaired) electrons. The maximum atomic E-state index is 5.76. The number of hydrogen-bond donors (Lipinski definition) is 1. The van der Waals surface area contributed by atoms with Crippen LogP contribution in [0.25, 0.3) is 5.82 Å². The van der Waals surface area contributed by atoms with Crippen LogP contribution in [0, 0.1) is 3.57 Å². The molecule has 2 aromatic rings. The summed E-state index contributed by atoms with van der Waals surface area (Å²) in [6.45, 7) is 0. The molecule has 0 aliphatic heterocycles. The Labute approximate surface area is 88.1 Å². The monoisotopic (exact) mass is 287 g/mol. The lowest BCUT2D eigenvalue weighted by Crippen LogP contribution is -2.04. The van der Waals surface area contributed by atoms with Crippen molar-refractivity contribution in [3.05, 3.63) is 28.4 Å². The van der Waals surface area contributed by atoms with E-state index in [4.69, 9.17) is 5.73 Å². The van der Waals surface area contributed by atoms with Crippen LogP contribution >= 0.6 is 22.6 Å². The highest BCUT2D eigenvalue weighted by atomic mass is 127. The van der Waals surface area contributed by atoms with Gasteiger partial charge in [-0.1, -0.05) is 0 Å². The molecule has 0 aliphatic rings. The number of nitrogens with two attached hydrogens (primary N) is 1. The lowest BCUT2D eigenvalue weighted by Gasteiger charge is -2.00. The third-order valence-electron chi connectivity index (χ3n) is 1.53. The van der Waals surface area contributed by atoms with Crippen LogP contribution in [0.3, 0.4) is 0 Å². The molecule has 0 spiro atoms. The minimum Gasteiger partial charge on any atom is -0.383 e. The molecule has 0 saturated carbocycles. The Balaban J connectivity index is 2.53. The van der Waals surface area contributed by atoms with Gasteiger partial charge >= 0.3 is 0 Å². The van der Waals surface area contributed by atoms with Crippen molar-refractivity contribution in [2.75, 3.05) is 5.73 Å². The Morgan fingerprint density at radius 1 is 1.31 bits per heavy atom. The van der Waals surface area contributed by atoms with E-state index in [1.54, 1.807) is 29.5 Å². The zero-order valence-corrected chi connectivity index (χ0v) is 8.71. The molecule has 13 heavy (non-hydrogen) atoms. The van der Waals surface area contributed by atoms with Gasteiger partial charge in [-0.25, -0.2) is 4.98 Å². The van der Waals surface area contributed by atoms with Crippen LogP contribution < -0.4 is 5.73 Å². The smallest absolute Gasteiger partial charge is 0.174 e. The number of nitrogens with zero attached hydrogens (tertiary/aromatic N) is 4. The van der Waals surface area contributed by atoms with E-state index in [1.807, 2.05) is 0 Å². The summed E-state index contributed by atoms with van der Waals surface area (Å²) in [6.07, 6.45) is 6.50. The van der Waals surface area contributed by atoms with Gasteiger partial charge in [-0.05, 0) is 22.6 Å². The average Bonchev–Trinajstić information content (AvgIpc) is 2.49. The third kappa shape index (κ3) is 1.48. The first-order valence-electron chi connectivity index (χ1n) is 3.54. The quantitative estimate of drug-likeness (QED) is 0.789. The van der Waals surface area contributed by atoms with Crippen molar-refractivity contribution in [1.29, 1.82) is 0 Å². The normalized spacial score (nSPS) is 10.2. The molecule has 2 heterocycles. The van der Waals surface area contributed by atoms with Crippen molar-refractivity contribution < 1.29 is 0 Å². The van der Waals surface area contributed by atoms with E-state index in [-0.39, 0.29) is 0 Å². The van der Waals surface area contributed by atoms with Gasteiger partial charge in [0.2, 0.25) is 0 Å². The molecule has 2 aromatic heterocycles. The van der Waals surface area contributed by atoms with Gasteiger partial charge < -0.3 is 5.73 Å². The molecule has 0 bridgehead atoms. The maximum Gasteiger partial charge on any atom is 0.174 e. The van der Waals surface area contributed by atoms with Crippen molar-refractivity contribution in [2.45, 2.75) is 0 Å². The van der Waals surface area contributed by atoms with Gasteiger partial charge in [0.25, 0.3) is 0 Å². The van der Waals surface area contributed by atoms with Gasteiger partial charge in [0, 0.05) is 12.4 Å². The van der Waals surface area contributed by atoms with Crippen molar-refractivity contribution in [1.82, 2.24) is 19.7 Å². The van der Waals surface area contributed by atoms with Crippen LogP contribution in [-0.2, 0) is 0 Å². The summed E-state index contributed by atoms with van der Waals surface area (Å²) < 4.78 is 2.46. The van der Waals surface area contributed by atoms with Crippen molar-refractivity contribution in [2.24, 2.45) is 0 Å². The molecular weight excluding hydrogens is 281 g/mol. The molecule has 2 rings (SSSR count). The molecule has 66 valence electrons. The fraction of sp³-hybridized carbons (Fsp3) is 0. The molecule has 2 N–H and O–H groups in total. The first-order chi connectivity index (χ1) is 6.29. The Kier molecular flexibility index (Phi) is 2.13. The minimum absolute atomic E-state index is 0.584. The molecule has 6 heteroatoms. The van der Waals surface area contributed by atoms with E-state index in [1.165, 1.54) is 0 Å². The fourth-order valence-electron chi connectivity index (χ4n) is 0.921. The van der Waals surface area contributed by atoms with Crippen LogP contribution in [0.1, 0.15) is 0 Å². The maximum absolute atomic E-state index is 5.76. The Morgan fingerprint density at radius 2 is 2.15 bits per heavy atom. The highest BCUT2D eigenvalue weighted by Crippen LogP contribution is 2.15. The summed E-state index contributed by atoms with van der Waals surface area (Å²) in [5.74, 6) is 1.21. The average molecular weight is 287 g/mol. The lowest BCUT2D eigenvalue weighted by atomic mass is 10.6. The van der Waals surface area contributed by atoms with Crippen molar-refractivity contribution >= 4 is 28.4 Å². The number of nitrogen functional groups attached to an aromatic ring is 1. The van der Waals surface area contributed by atoms with Crippen molar-refractivity contribution in [3.8, 4) is 5.82 Å². The van der Waals surface area contributed by atoms with E-state index in [0.29, 0.717) is 11.6 Å². The fourth-order valence-corrected chi connectivity index (χ4v) is 1.27. The van der Waals surface area contributed by atoms with E-state index >= 15 is 0 Å². The number of halogens is 1. The molecule has 0 atom stereocenters. The Bertz CT molecular complexity index is 410. The second kappa shape index (κ2) is 3.29. The molecule has 0 saturated heterocycles. The van der Waals surface area contributed by atoms with Crippen molar-refractivity contribution in [3.63, 3.8) is 0 Å². The summed E-state index contributed by atoms with van der Waals surface area (Å²) in [4.78, 5) is 8.01. The van der Waals surface area contributed by atoms with Crippen LogP contribution in [0.2, 0.25) is 0 Å². The third-order valence-corrected chi connectivity index (χ3v) is 2.36. The number of hydrogen-bond acceptors (Lipinski definition) is 4. The zero-order valence-electron chi connectivity index (χ0n) is 6.55. The van der Waals surface area contributed by atoms with E-state index in [9.17, 15) is 0 Å². The highest BCUT2D eigenvalue weighted by Gasteiger charge is 2.06. The number of anilines is 1. The topological polar surface area (TPSA) is 69.6 Å². The Morgan fingerprint density at radius 3 is 2.69 bits per heavy atom. The molecule has 0 aromatic carbocycles. The molecule has 0 aliphatic carbocycles. The highest BCUT2D eigenvalue weighted by molar-refractivity contribution is 14.1. The standard InChI is InChI=1S/C7H6IN5/c8-5-3-12-13(7(5)9)6-4-10-1-2-11-6/h1-4H,9H2. The summed E-state index contributed by atoms with van der Waals surface area (Å²) >= 11 is 2.12. The van der Waals surface area contributed by atoms with Crippen LogP contribution in [-0.4, -0.2) is 19.7 Å². The van der Waals surface area contributed by atoms with Crippen LogP contribution in [0.4, 0.5) is 5.82 Å². The van der Waals surface area contributed by atoms with E-state index < -0.39 is 0 Å². The van der Waals surface area contributed by atoms with Gasteiger partial charge in [0.1, 0.15) is 5.82 Å². The van der Waals surface area contributed by atoms with Gasteiger partial charge in [0.05, 0.1) is 16.0 Å². The summed E-state index contributed by atoms with van der Waals surface area (Å²) in [7, 11) is 0. The van der Waals surface area contributed by atoms with Crippen LogP contribution in [0.15, 0.2) is 24.8 Å². The number of rotatable bonds is 1. The summed E-state index contributed by atoms with van der Waals surface area (Å²) in [5, 5.41) is 4.07. The SMILES string of the molecule is Nc1c(I)cnn1-c1cnccn1. The van der Waals surface area contributed by atoms with Crippen LogP contribution in [0.5, 0.6) is 0 Å². The van der Waals surface area contributed by atoms with E-state index in [0.717, 1.165) is 3.57 Å². The summed E-state index contributed by atoms with van der Waals surface area (Å²) in [5.41, 5.74) is 5.76. The lowest BCUT2D eigenvalue weighted by molar-refractivity contribution is 0.847. The first-order valence-corrected chi connectivity index (χ1v) is 4.62. The largest absolute Gasteiger partial charge is 0.383 e. The number of aromatic nitrogens is 4. The van der Waals surface area contributed by atoms with Gasteiger partial charge in [0.15, 0.2) is 5.82 Å². The second-order valence-electron chi connectivity index (χ2n) is 2.35. The Hall–Kier alpha value is -1.18. The molecular formula is C7H6IN5. The predicted molar refractivity (Wildman–Crippen MR) is 56.3 cm³/mol.